The van der Waals surface area contributed by atoms with E-state index in [0.717, 1.165) is 35.7 Å². The molecular formula is C23H32O3. The molecule has 0 radical (unpaired) electrons. The van der Waals surface area contributed by atoms with Crippen molar-refractivity contribution < 1.29 is 14.6 Å². The molecule has 0 aromatic heterocycles. The largest absolute Gasteiger partial charge is 0.494 e. The third-order valence-corrected chi connectivity index (χ3v) is 4.44. The van der Waals surface area contributed by atoms with E-state index in [0.29, 0.717) is 13.0 Å². The zero-order valence-electron chi connectivity index (χ0n) is 16.0. The maximum atomic E-state index is 9.13. The van der Waals surface area contributed by atoms with Gasteiger partial charge in [-0.3, -0.25) is 0 Å². The molecule has 3 heteroatoms. The molecule has 0 atom stereocenters. The van der Waals surface area contributed by atoms with Crippen LogP contribution >= 0.6 is 0 Å². The second kappa shape index (κ2) is 12.4. The molecule has 0 aliphatic rings. The van der Waals surface area contributed by atoms with E-state index in [4.69, 9.17) is 14.6 Å². The minimum absolute atomic E-state index is 0.130. The molecule has 0 saturated carbocycles. The van der Waals surface area contributed by atoms with Crippen LogP contribution in [0.15, 0.2) is 48.5 Å². The summed E-state index contributed by atoms with van der Waals surface area (Å²) in [6.07, 6.45) is 8.27. The predicted octanol–water partition coefficient (Wildman–Crippen LogP) is 5.54. The summed E-state index contributed by atoms with van der Waals surface area (Å²) in [6.45, 7) is 3.67. The Labute approximate surface area is 158 Å². The van der Waals surface area contributed by atoms with Gasteiger partial charge in [0.2, 0.25) is 0 Å². The van der Waals surface area contributed by atoms with E-state index in [2.05, 4.69) is 6.92 Å². The summed E-state index contributed by atoms with van der Waals surface area (Å²) < 4.78 is 11.7. The minimum atomic E-state index is 0.130. The van der Waals surface area contributed by atoms with Gasteiger partial charge in [0.1, 0.15) is 18.1 Å². The second-order valence-electron chi connectivity index (χ2n) is 6.63. The van der Waals surface area contributed by atoms with Crippen LogP contribution in [0.4, 0.5) is 0 Å². The minimum Gasteiger partial charge on any atom is -0.494 e. The Hall–Kier alpha value is -2.00. The first kappa shape index (κ1) is 20.3. The van der Waals surface area contributed by atoms with Crippen molar-refractivity contribution in [1.82, 2.24) is 0 Å². The van der Waals surface area contributed by atoms with E-state index < -0.39 is 0 Å². The van der Waals surface area contributed by atoms with Crippen molar-refractivity contribution in [2.24, 2.45) is 0 Å². The number of ether oxygens (including phenoxy) is 2. The van der Waals surface area contributed by atoms with E-state index in [1.165, 1.54) is 32.1 Å². The number of benzene rings is 2. The smallest absolute Gasteiger partial charge is 0.123 e. The Morgan fingerprint density at radius 2 is 1.54 bits per heavy atom. The van der Waals surface area contributed by atoms with E-state index >= 15 is 0 Å². The summed E-state index contributed by atoms with van der Waals surface area (Å²) in [4.78, 5) is 0. The highest BCUT2D eigenvalue weighted by atomic mass is 16.5. The molecule has 2 rings (SSSR count). The second-order valence-corrected chi connectivity index (χ2v) is 6.63. The van der Waals surface area contributed by atoms with Gasteiger partial charge in [-0.25, -0.2) is 0 Å². The highest BCUT2D eigenvalue weighted by molar-refractivity contribution is 5.34. The van der Waals surface area contributed by atoms with Crippen LogP contribution in [0.5, 0.6) is 11.5 Å². The van der Waals surface area contributed by atoms with Crippen molar-refractivity contribution in [3.63, 3.8) is 0 Å². The van der Waals surface area contributed by atoms with Gasteiger partial charge < -0.3 is 14.6 Å². The zero-order valence-corrected chi connectivity index (χ0v) is 16.0. The Bertz CT molecular complexity index is 607. The Balaban J connectivity index is 1.71. The molecule has 2 aromatic rings. The maximum absolute atomic E-state index is 9.13. The number of aliphatic hydroxyl groups excluding tert-OH is 1. The van der Waals surface area contributed by atoms with Crippen molar-refractivity contribution >= 4 is 0 Å². The van der Waals surface area contributed by atoms with Gasteiger partial charge in [0.15, 0.2) is 0 Å². The lowest BCUT2D eigenvalue weighted by atomic mass is 10.1. The van der Waals surface area contributed by atoms with Gasteiger partial charge in [0.05, 0.1) is 6.61 Å². The first-order chi connectivity index (χ1) is 12.8. The van der Waals surface area contributed by atoms with Crippen molar-refractivity contribution in [2.45, 2.75) is 58.5 Å². The quantitative estimate of drug-likeness (QED) is 0.479. The first-order valence-electron chi connectivity index (χ1n) is 9.86. The zero-order chi connectivity index (χ0) is 18.5. The molecule has 0 aliphatic heterocycles. The topological polar surface area (TPSA) is 38.7 Å². The summed E-state index contributed by atoms with van der Waals surface area (Å²) in [5.74, 6) is 1.76. The number of rotatable bonds is 13. The molecule has 0 unspecified atom stereocenters. The van der Waals surface area contributed by atoms with Gasteiger partial charge in [-0.15, -0.1) is 0 Å². The van der Waals surface area contributed by atoms with E-state index in [-0.39, 0.29) is 6.61 Å². The lowest BCUT2D eigenvalue weighted by Crippen LogP contribution is -2.01. The van der Waals surface area contributed by atoms with Gasteiger partial charge in [0, 0.05) is 6.61 Å². The third kappa shape index (κ3) is 7.49. The molecule has 0 bridgehead atoms. The Morgan fingerprint density at radius 3 is 2.31 bits per heavy atom. The van der Waals surface area contributed by atoms with Crippen molar-refractivity contribution in [2.75, 3.05) is 13.2 Å². The van der Waals surface area contributed by atoms with Gasteiger partial charge in [-0.1, -0.05) is 69.4 Å². The Kier molecular flexibility index (Phi) is 9.66. The molecule has 0 saturated heterocycles. The lowest BCUT2D eigenvalue weighted by molar-refractivity contribution is 0.283. The fourth-order valence-corrected chi connectivity index (χ4v) is 2.89. The molecule has 0 aliphatic carbocycles. The van der Waals surface area contributed by atoms with Gasteiger partial charge in [0.25, 0.3) is 0 Å². The SMILES string of the molecule is CCCCCCCCOc1ccc(COc2ccccc2CCO)cc1. The van der Waals surface area contributed by atoms with Gasteiger partial charge in [-0.05, 0) is 42.2 Å². The number of hydrogen-bond acceptors (Lipinski definition) is 3. The number of aliphatic hydroxyl groups is 1. The van der Waals surface area contributed by atoms with E-state index in [1.807, 2.05) is 48.5 Å². The number of para-hydroxylation sites is 1. The fourth-order valence-electron chi connectivity index (χ4n) is 2.89. The predicted molar refractivity (Wildman–Crippen MR) is 107 cm³/mol. The van der Waals surface area contributed by atoms with Crippen LogP contribution in [0.1, 0.15) is 56.6 Å². The number of hydrogen-bond donors (Lipinski definition) is 1. The fraction of sp³-hybridized carbons (Fsp3) is 0.478. The van der Waals surface area contributed by atoms with Crippen molar-refractivity contribution in [1.29, 1.82) is 0 Å². The molecule has 26 heavy (non-hydrogen) atoms. The van der Waals surface area contributed by atoms with Crippen LogP contribution in [0.25, 0.3) is 0 Å². The third-order valence-electron chi connectivity index (χ3n) is 4.44. The molecule has 1 N–H and O–H groups in total. The maximum Gasteiger partial charge on any atom is 0.123 e. The average molecular weight is 357 g/mol. The molecular weight excluding hydrogens is 324 g/mol. The van der Waals surface area contributed by atoms with Crippen LogP contribution in [0.2, 0.25) is 0 Å². The first-order valence-corrected chi connectivity index (χ1v) is 9.86. The molecule has 3 nitrogen and oxygen atoms in total. The monoisotopic (exact) mass is 356 g/mol. The summed E-state index contributed by atoms with van der Waals surface area (Å²) in [5.41, 5.74) is 2.14. The highest BCUT2D eigenvalue weighted by Gasteiger charge is 2.03. The van der Waals surface area contributed by atoms with Crippen LogP contribution < -0.4 is 9.47 Å². The van der Waals surface area contributed by atoms with E-state index in [1.54, 1.807) is 0 Å². The Morgan fingerprint density at radius 1 is 0.808 bits per heavy atom. The summed E-state index contributed by atoms with van der Waals surface area (Å²) >= 11 is 0. The molecule has 2 aromatic carbocycles. The van der Waals surface area contributed by atoms with Crippen LogP contribution in [-0.2, 0) is 13.0 Å². The summed E-state index contributed by atoms with van der Waals surface area (Å²) in [6, 6.07) is 16.0. The molecule has 0 spiro atoms. The van der Waals surface area contributed by atoms with Gasteiger partial charge >= 0.3 is 0 Å². The molecule has 142 valence electrons. The van der Waals surface area contributed by atoms with Crippen LogP contribution in [0.3, 0.4) is 0 Å². The van der Waals surface area contributed by atoms with E-state index in [9.17, 15) is 0 Å². The van der Waals surface area contributed by atoms with Crippen molar-refractivity contribution in [3.05, 3.63) is 59.7 Å². The van der Waals surface area contributed by atoms with Crippen molar-refractivity contribution in [3.8, 4) is 11.5 Å². The lowest BCUT2D eigenvalue weighted by Gasteiger charge is -2.11. The normalized spacial score (nSPS) is 10.7. The van der Waals surface area contributed by atoms with Crippen LogP contribution in [0, 0.1) is 0 Å². The van der Waals surface area contributed by atoms with Gasteiger partial charge in [-0.2, -0.15) is 0 Å². The van der Waals surface area contributed by atoms with Crippen LogP contribution in [-0.4, -0.2) is 18.3 Å². The molecule has 0 amide bonds. The summed E-state index contributed by atoms with van der Waals surface area (Å²) in [7, 11) is 0. The average Bonchev–Trinajstić information content (AvgIpc) is 2.68. The standard InChI is InChI=1S/C23H32O3/c1-2-3-4-5-6-9-18-25-22-14-12-20(13-15-22)19-26-23-11-8-7-10-21(23)16-17-24/h7-8,10-15,24H,2-6,9,16-19H2,1H3. The molecule has 0 heterocycles. The summed E-state index contributed by atoms with van der Waals surface area (Å²) in [5, 5.41) is 9.13. The highest BCUT2D eigenvalue weighted by Crippen LogP contribution is 2.20. The number of unbranched alkanes of at least 4 members (excludes halogenated alkanes) is 5. The molecule has 0 fully saturated rings.